The first kappa shape index (κ1) is 16.0. The number of aliphatic hydroxyl groups excluding tert-OH is 1. The van der Waals surface area contributed by atoms with Crippen molar-refractivity contribution in [1.29, 1.82) is 0 Å². The molecule has 0 rings (SSSR count). The van der Waals surface area contributed by atoms with Gasteiger partial charge in [0.2, 0.25) is 0 Å². The minimum atomic E-state index is -0.0544. The molecular weight excluding hydrogens is 196 g/mol. The van der Waals surface area contributed by atoms with Gasteiger partial charge in [-0.15, -0.1) is 0 Å². The Bertz CT molecular complexity index is 120. The standard InChI is InChI=1S/C15H32O/c1-5-13(6-2)9-11-15(16)12-10-14(7-3)8-4/h13-16H,5-12H2,1-4H3. The lowest BCUT2D eigenvalue weighted by atomic mass is 9.91. The monoisotopic (exact) mass is 228 g/mol. The van der Waals surface area contributed by atoms with Gasteiger partial charge in [-0.3, -0.25) is 0 Å². The molecule has 0 saturated heterocycles. The summed E-state index contributed by atoms with van der Waals surface area (Å²) < 4.78 is 0. The van der Waals surface area contributed by atoms with Crippen LogP contribution < -0.4 is 0 Å². The summed E-state index contributed by atoms with van der Waals surface area (Å²) in [5.74, 6) is 1.64. The molecule has 1 heteroatoms. The molecule has 0 saturated carbocycles. The van der Waals surface area contributed by atoms with E-state index in [0.717, 1.165) is 24.7 Å². The molecule has 0 aromatic carbocycles. The van der Waals surface area contributed by atoms with Crippen molar-refractivity contribution in [2.75, 3.05) is 0 Å². The lowest BCUT2D eigenvalue weighted by Crippen LogP contribution is -2.11. The van der Waals surface area contributed by atoms with Crippen molar-refractivity contribution < 1.29 is 5.11 Å². The van der Waals surface area contributed by atoms with Crippen LogP contribution in [0, 0.1) is 11.8 Å². The minimum absolute atomic E-state index is 0.0544. The Hall–Kier alpha value is -0.0400. The Morgan fingerprint density at radius 3 is 1.19 bits per heavy atom. The van der Waals surface area contributed by atoms with Crippen molar-refractivity contribution in [1.82, 2.24) is 0 Å². The van der Waals surface area contributed by atoms with E-state index in [1.54, 1.807) is 0 Å². The molecule has 0 radical (unpaired) electrons. The predicted octanol–water partition coefficient (Wildman–Crippen LogP) is 4.78. The largest absolute Gasteiger partial charge is 0.393 e. The number of hydrogen-bond acceptors (Lipinski definition) is 1. The Morgan fingerprint density at radius 2 is 0.938 bits per heavy atom. The van der Waals surface area contributed by atoms with Gasteiger partial charge in [0.15, 0.2) is 0 Å². The number of rotatable bonds is 10. The third-order valence-electron chi connectivity index (χ3n) is 4.13. The molecule has 0 aliphatic heterocycles. The molecule has 0 bridgehead atoms. The summed E-state index contributed by atoms with van der Waals surface area (Å²) in [6.45, 7) is 9.02. The van der Waals surface area contributed by atoms with Crippen molar-refractivity contribution in [3.63, 3.8) is 0 Å². The van der Waals surface area contributed by atoms with Gasteiger partial charge in [-0.05, 0) is 37.5 Å². The average molecular weight is 228 g/mol. The molecule has 0 aliphatic rings. The lowest BCUT2D eigenvalue weighted by Gasteiger charge is -2.18. The summed E-state index contributed by atoms with van der Waals surface area (Å²) in [5.41, 5.74) is 0. The van der Waals surface area contributed by atoms with Gasteiger partial charge >= 0.3 is 0 Å². The van der Waals surface area contributed by atoms with E-state index in [1.165, 1.54) is 38.5 Å². The highest BCUT2D eigenvalue weighted by Crippen LogP contribution is 2.20. The summed E-state index contributed by atoms with van der Waals surface area (Å²) in [4.78, 5) is 0. The molecule has 0 aromatic rings. The van der Waals surface area contributed by atoms with E-state index in [2.05, 4.69) is 27.7 Å². The molecule has 16 heavy (non-hydrogen) atoms. The third kappa shape index (κ3) is 7.27. The smallest absolute Gasteiger partial charge is 0.0540 e. The Balaban J connectivity index is 3.61. The van der Waals surface area contributed by atoms with Gasteiger partial charge in [0, 0.05) is 0 Å². The van der Waals surface area contributed by atoms with Crippen LogP contribution in [-0.4, -0.2) is 11.2 Å². The van der Waals surface area contributed by atoms with Crippen molar-refractivity contribution >= 4 is 0 Å². The normalized spacial score (nSPS) is 12.0. The molecule has 0 unspecified atom stereocenters. The zero-order valence-electron chi connectivity index (χ0n) is 11.8. The first-order valence-corrected chi connectivity index (χ1v) is 7.35. The van der Waals surface area contributed by atoms with Crippen molar-refractivity contribution in [2.24, 2.45) is 11.8 Å². The first-order valence-electron chi connectivity index (χ1n) is 7.35. The molecular formula is C15H32O. The van der Waals surface area contributed by atoms with Crippen molar-refractivity contribution in [3.05, 3.63) is 0 Å². The fourth-order valence-corrected chi connectivity index (χ4v) is 2.39. The zero-order valence-corrected chi connectivity index (χ0v) is 11.8. The fraction of sp³-hybridized carbons (Fsp3) is 1.00. The third-order valence-corrected chi connectivity index (χ3v) is 4.13. The second kappa shape index (κ2) is 10.1. The molecule has 0 atom stereocenters. The van der Waals surface area contributed by atoms with E-state index in [4.69, 9.17) is 0 Å². The first-order chi connectivity index (χ1) is 7.67. The van der Waals surface area contributed by atoms with E-state index in [1.807, 2.05) is 0 Å². The van der Waals surface area contributed by atoms with Crippen LogP contribution in [0.3, 0.4) is 0 Å². The summed E-state index contributed by atoms with van der Waals surface area (Å²) in [6, 6.07) is 0. The maximum absolute atomic E-state index is 9.93. The van der Waals surface area contributed by atoms with Crippen LogP contribution in [0.5, 0.6) is 0 Å². The topological polar surface area (TPSA) is 20.2 Å². The molecule has 1 N–H and O–H groups in total. The minimum Gasteiger partial charge on any atom is -0.393 e. The highest BCUT2D eigenvalue weighted by molar-refractivity contribution is 4.64. The van der Waals surface area contributed by atoms with Gasteiger partial charge in [0.1, 0.15) is 0 Å². The summed E-state index contributed by atoms with van der Waals surface area (Å²) in [6.07, 6.45) is 9.41. The summed E-state index contributed by atoms with van der Waals surface area (Å²) in [7, 11) is 0. The van der Waals surface area contributed by atoms with E-state index in [9.17, 15) is 5.11 Å². The van der Waals surface area contributed by atoms with E-state index in [-0.39, 0.29) is 6.10 Å². The van der Waals surface area contributed by atoms with Crippen LogP contribution in [0.4, 0.5) is 0 Å². The summed E-state index contributed by atoms with van der Waals surface area (Å²) in [5, 5.41) is 9.93. The SMILES string of the molecule is CCC(CC)CCC(O)CCC(CC)CC. The predicted molar refractivity (Wildman–Crippen MR) is 72.6 cm³/mol. The van der Waals surface area contributed by atoms with Crippen LogP contribution in [-0.2, 0) is 0 Å². The van der Waals surface area contributed by atoms with Gasteiger partial charge in [-0.25, -0.2) is 0 Å². The average Bonchev–Trinajstić information content (AvgIpc) is 2.31. The van der Waals surface area contributed by atoms with Gasteiger partial charge in [0.25, 0.3) is 0 Å². The molecule has 98 valence electrons. The quantitative estimate of drug-likeness (QED) is 0.570. The highest BCUT2D eigenvalue weighted by Gasteiger charge is 2.11. The Morgan fingerprint density at radius 1 is 0.625 bits per heavy atom. The van der Waals surface area contributed by atoms with Crippen LogP contribution in [0.15, 0.2) is 0 Å². The number of aliphatic hydroxyl groups is 1. The number of hydrogen-bond donors (Lipinski definition) is 1. The lowest BCUT2D eigenvalue weighted by molar-refractivity contribution is 0.134. The molecule has 0 aliphatic carbocycles. The summed E-state index contributed by atoms with van der Waals surface area (Å²) >= 11 is 0. The highest BCUT2D eigenvalue weighted by atomic mass is 16.3. The Labute approximate surface area is 103 Å². The van der Waals surface area contributed by atoms with Gasteiger partial charge in [-0.1, -0.05) is 53.4 Å². The van der Waals surface area contributed by atoms with Crippen LogP contribution in [0.2, 0.25) is 0 Å². The van der Waals surface area contributed by atoms with Crippen LogP contribution in [0.25, 0.3) is 0 Å². The molecule has 0 amide bonds. The van der Waals surface area contributed by atoms with E-state index >= 15 is 0 Å². The van der Waals surface area contributed by atoms with Gasteiger partial charge < -0.3 is 5.11 Å². The maximum Gasteiger partial charge on any atom is 0.0540 e. The fourth-order valence-electron chi connectivity index (χ4n) is 2.39. The van der Waals surface area contributed by atoms with Gasteiger partial charge in [-0.2, -0.15) is 0 Å². The Kier molecular flexibility index (Phi) is 10.1. The molecule has 0 aromatic heterocycles. The van der Waals surface area contributed by atoms with Crippen LogP contribution >= 0.6 is 0 Å². The van der Waals surface area contributed by atoms with Crippen molar-refractivity contribution in [3.8, 4) is 0 Å². The van der Waals surface area contributed by atoms with Crippen molar-refractivity contribution in [2.45, 2.75) is 85.2 Å². The van der Waals surface area contributed by atoms with E-state index < -0.39 is 0 Å². The molecule has 0 spiro atoms. The molecule has 1 nitrogen and oxygen atoms in total. The zero-order chi connectivity index (χ0) is 12.4. The molecule has 0 heterocycles. The van der Waals surface area contributed by atoms with Gasteiger partial charge in [0.05, 0.1) is 6.10 Å². The second-order valence-electron chi connectivity index (χ2n) is 5.17. The maximum atomic E-state index is 9.93. The van der Waals surface area contributed by atoms with E-state index in [0.29, 0.717) is 0 Å². The van der Waals surface area contributed by atoms with Crippen LogP contribution in [0.1, 0.15) is 79.1 Å². The molecule has 0 fully saturated rings. The second-order valence-corrected chi connectivity index (χ2v) is 5.17.